The molecule has 1 aromatic carbocycles. The lowest BCUT2D eigenvalue weighted by molar-refractivity contribution is 0.626. The third-order valence-electron chi connectivity index (χ3n) is 5.42. The van der Waals surface area contributed by atoms with Crippen molar-refractivity contribution < 1.29 is 4.39 Å². The van der Waals surface area contributed by atoms with Gasteiger partial charge in [0.2, 0.25) is 0 Å². The zero-order valence-corrected chi connectivity index (χ0v) is 17.9. The normalized spacial score (nSPS) is 15.4. The molecule has 2 aromatic heterocycles. The highest BCUT2D eigenvalue weighted by Crippen LogP contribution is 2.26. The first-order valence-electron chi connectivity index (χ1n) is 10.4. The molecule has 0 radical (unpaired) electrons. The van der Waals surface area contributed by atoms with Crippen molar-refractivity contribution in [1.82, 2.24) is 14.9 Å². The van der Waals surface area contributed by atoms with Gasteiger partial charge in [-0.15, -0.1) is 0 Å². The molecule has 1 aliphatic carbocycles. The summed E-state index contributed by atoms with van der Waals surface area (Å²) in [7, 11) is 0. The number of rotatable bonds is 6. The van der Waals surface area contributed by atoms with Crippen molar-refractivity contribution in [2.24, 2.45) is 0 Å². The van der Waals surface area contributed by atoms with Crippen molar-refractivity contribution >= 4 is 23.1 Å². The topological polar surface area (TPSA) is 53.4 Å². The van der Waals surface area contributed by atoms with E-state index in [-0.39, 0.29) is 5.56 Å². The number of hydrogen-bond acceptors (Lipinski definition) is 5. The summed E-state index contributed by atoms with van der Waals surface area (Å²) < 4.78 is 16.5. The lowest BCUT2D eigenvalue weighted by Gasteiger charge is -2.25. The van der Waals surface area contributed by atoms with Crippen LogP contribution in [0.5, 0.6) is 0 Å². The van der Waals surface area contributed by atoms with E-state index in [1.807, 2.05) is 12.1 Å². The molecule has 3 heterocycles. The summed E-state index contributed by atoms with van der Waals surface area (Å²) in [5.41, 5.74) is 1.39. The van der Waals surface area contributed by atoms with E-state index in [0.717, 1.165) is 12.8 Å². The quantitative estimate of drug-likeness (QED) is 0.598. The van der Waals surface area contributed by atoms with Gasteiger partial charge in [-0.1, -0.05) is 17.7 Å². The smallest absolute Gasteiger partial charge is 0.259 e. The van der Waals surface area contributed by atoms with Crippen LogP contribution in [0.3, 0.4) is 0 Å². The highest BCUT2D eigenvalue weighted by molar-refractivity contribution is 6.30. The maximum Gasteiger partial charge on any atom is 0.259 e. The molecule has 0 saturated heterocycles. The standard InChI is InChI=1S/C24H21ClFN5O/c25-18-3-8-23(28-16-18)30-12-10-29(11-13-30)22-7-6-20(14-21(22)26)31-9-1-2-17(24(31)32)15-27-19-4-5-19/h1-3,6-14,16,19,27H,4-5,15H2. The molecule has 1 N–H and O–H groups in total. The monoisotopic (exact) mass is 449 g/mol. The van der Waals surface area contributed by atoms with Crippen molar-refractivity contribution in [3.05, 3.63) is 106 Å². The van der Waals surface area contributed by atoms with Gasteiger partial charge >= 0.3 is 0 Å². The van der Waals surface area contributed by atoms with Gasteiger partial charge in [0.25, 0.3) is 5.56 Å². The molecule has 0 unspecified atom stereocenters. The lowest BCUT2D eigenvalue weighted by Crippen LogP contribution is -2.26. The zero-order chi connectivity index (χ0) is 22.1. The molecule has 0 spiro atoms. The Balaban J connectivity index is 1.34. The van der Waals surface area contributed by atoms with Gasteiger partial charge in [-0.05, 0) is 43.2 Å². The van der Waals surface area contributed by atoms with Gasteiger partial charge in [0.15, 0.2) is 0 Å². The average Bonchev–Trinajstić information content (AvgIpc) is 3.64. The Bertz CT molecular complexity index is 1240. The second kappa shape index (κ2) is 8.61. The summed E-state index contributed by atoms with van der Waals surface area (Å²) in [5.74, 6) is 0.274. The second-order valence-electron chi connectivity index (χ2n) is 7.74. The molecule has 32 heavy (non-hydrogen) atoms. The molecule has 0 atom stereocenters. The third-order valence-corrected chi connectivity index (χ3v) is 5.65. The molecule has 1 fully saturated rings. The summed E-state index contributed by atoms with van der Waals surface area (Å²) in [6.07, 6.45) is 12.6. The Morgan fingerprint density at radius 2 is 1.84 bits per heavy atom. The largest absolute Gasteiger partial charge is 0.318 e. The number of hydrogen-bond donors (Lipinski definition) is 1. The highest BCUT2D eigenvalue weighted by atomic mass is 35.5. The predicted octanol–water partition coefficient (Wildman–Crippen LogP) is 4.55. The van der Waals surface area contributed by atoms with Crippen molar-refractivity contribution in [1.29, 1.82) is 0 Å². The SMILES string of the molecule is O=c1c(CNC2CC2)cccn1-c1ccc(N2C=CN(c3ccc(Cl)cn3)C=C2)c(F)c1. The molecule has 1 saturated carbocycles. The number of aromatic nitrogens is 2. The zero-order valence-electron chi connectivity index (χ0n) is 17.2. The molecule has 5 rings (SSSR count). The molecular formula is C24H21ClFN5O. The van der Waals surface area contributed by atoms with Gasteiger partial charge in [0.1, 0.15) is 11.6 Å². The second-order valence-corrected chi connectivity index (χ2v) is 8.18. The minimum Gasteiger partial charge on any atom is -0.318 e. The Labute approximate surface area is 189 Å². The summed E-state index contributed by atoms with van der Waals surface area (Å²) in [4.78, 5) is 20.6. The van der Waals surface area contributed by atoms with E-state index in [1.54, 1.807) is 71.3 Å². The maximum atomic E-state index is 15.0. The summed E-state index contributed by atoms with van der Waals surface area (Å²) >= 11 is 5.89. The summed E-state index contributed by atoms with van der Waals surface area (Å²) in [6, 6.07) is 12.5. The number of nitrogens with zero attached hydrogens (tertiary/aromatic N) is 4. The van der Waals surface area contributed by atoms with Crippen molar-refractivity contribution in [2.45, 2.75) is 25.4 Å². The molecule has 0 bridgehead atoms. The number of pyridine rings is 2. The van der Waals surface area contributed by atoms with E-state index in [0.29, 0.717) is 40.4 Å². The van der Waals surface area contributed by atoms with E-state index < -0.39 is 5.82 Å². The van der Waals surface area contributed by atoms with E-state index >= 15 is 4.39 Å². The van der Waals surface area contributed by atoms with Crippen LogP contribution in [0, 0.1) is 5.82 Å². The van der Waals surface area contributed by atoms with Crippen LogP contribution in [-0.2, 0) is 6.54 Å². The van der Waals surface area contributed by atoms with Crippen LogP contribution in [-0.4, -0.2) is 15.6 Å². The Morgan fingerprint density at radius 1 is 1.06 bits per heavy atom. The first-order valence-corrected chi connectivity index (χ1v) is 10.7. The number of halogens is 2. The van der Waals surface area contributed by atoms with Crippen LogP contribution in [0.15, 0.2) is 84.5 Å². The molecule has 0 amide bonds. The van der Waals surface area contributed by atoms with Crippen LogP contribution < -0.4 is 20.7 Å². The van der Waals surface area contributed by atoms with Crippen LogP contribution >= 0.6 is 11.6 Å². The molecule has 3 aromatic rings. The van der Waals surface area contributed by atoms with Gasteiger partial charge in [-0.3, -0.25) is 9.36 Å². The fraction of sp³-hybridized carbons (Fsp3) is 0.167. The van der Waals surface area contributed by atoms with Gasteiger partial charge in [-0.2, -0.15) is 0 Å². The fourth-order valence-corrected chi connectivity index (χ4v) is 3.61. The molecular weight excluding hydrogens is 429 g/mol. The molecule has 1 aliphatic heterocycles. The number of nitrogens with one attached hydrogen (secondary N) is 1. The average molecular weight is 450 g/mol. The lowest BCUT2D eigenvalue weighted by atomic mass is 10.2. The Morgan fingerprint density at radius 3 is 2.53 bits per heavy atom. The van der Waals surface area contributed by atoms with E-state index in [2.05, 4.69) is 10.3 Å². The first kappa shape index (κ1) is 20.5. The van der Waals surface area contributed by atoms with Crippen LogP contribution in [0.25, 0.3) is 5.69 Å². The Hall–Kier alpha value is -3.42. The van der Waals surface area contributed by atoms with Crippen LogP contribution in [0.1, 0.15) is 18.4 Å². The highest BCUT2D eigenvalue weighted by Gasteiger charge is 2.21. The first-order chi connectivity index (χ1) is 15.6. The van der Waals surface area contributed by atoms with Gasteiger partial charge < -0.3 is 15.1 Å². The van der Waals surface area contributed by atoms with E-state index in [1.165, 1.54) is 10.6 Å². The van der Waals surface area contributed by atoms with Crippen LogP contribution in [0.4, 0.5) is 15.9 Å². The van der Waals surface area contributed by atoms with Gasteiger partial charge in [0, 0.05) is 61.4 Å². The summed E-state index contributed by atoms with van der Waals surface area (Å²) in [5, 5.41) is 3.91. The van der Waals surface area contributed by atoms with Crippen LogP contribution in [0.2, 0.25) is 5.02 Å². The fourth-order valence-electron chi connectivity index (χ4n) is 3.49. The molecule has 162 valence electrons. The van der Waals surface area contributed by atoms with Crippen molar-refractivity contribution in [3.63, 3.8) is 0 Å². The minimum atomic E-state index is -0.428. The van der Waals surface area contributed by atoms with Gasteiger partial charge in [0.05, 0.1) is 16.4 Å². The van der Waals surface area contributed by atoms with Gasteiger partial charge in [-0.25, -0.2) is 9.37 Å². The molecule has 8 heteroatoms. The number of anilines is 2. The maximum absolute atomic E-state index is 15.0. The van der Waals surface area contributed by atoms with E-state index in [9.17, 15) is 4.79 Å². The number of benzene rings is 1. The molecule has 2 aliphatic rings. The van der Waals surface area contributed by atoms with Crippen molar-refractivity contribution in [3.8, 4) is 5.69 Å². The minimum absolute atomic E-state index is 0.142. The molecule has 6 nitrogen and oxygen atoms in total. The predicted molar refractivity (Wildman–Crippen MR) is 124 cm³/mol. The Kier molecular flexibility index (Phi) is 5.51. The van der Waals surface area contributed by atoms with E-state index in [4.69, 9.17) is 11.6 Å². The summed E-state index contributed by atoms with van der Waals surface area (Å²) in [6.45, 7) is 0.521. The third kappa shape index (κ3) is 4.30. The van der Waals surface area contributed by atoms with Crippen molar-refractivity contribution in [2.75, 3.05) is 9.80 Å².